The molecule has 1 saturated heterocycles. The van der Waals surface area contributed by atoms with Crippen molar-refractivity contribution in [2.24, 2.45) is 0 Å². The molecule has 1 amide bonds. The maximum absolute atomic E-state index is 12.4. The fourth-order valence-electron chi connectivity index (χ4n) is 3.28. The van der Waals surface area contributed by atoms with Gasteiger partial charge in [-0.2, -0.15) is 11.8 Å². The summed E-state index contributed by atoms with van der Waals surface area (Å²) in [7, 11) is 3.19. The van der Waals surface area contributed by atoms with Crippen molar-refractivity contribution in [1.29, 1.82) is 0 Å². The van der Waals surface area contributed by atoms with E-state index < -0.39 is 0 Å². The summed E-state index contributed by atoms with van der Waals surface area (Å²) in [6.07, 6.45) is 3.29. The van der Waals surface area contributed by atoms with E-state index in [1.54, 1.807) is 20.3 Å². The Morgan fingerprint density at radius 1 is 1.10 bits per heavy atom. The van der Waals surface area contributed by atoms with E-state index >= 15 is 0 Å². The summed E-state index contributed by atoms with van der Waals surface area (Å²) in [6.45, 7) is 5.28. The minimum absolute atomic E-state index is 0.163. The van der Waals surface area contributed by atoms with Crippen LogP contribution in [-0.4, -0.2) is 49.6 Å². The normalized spacial score (nSPS) is 14.7. The largest absolute Gasteiger partial charge is 0.493 e. The van der Waals surface area contributed by atoms with E-state index in [4.69, 9.17) is 9.47 Å². The Kier molecular flexibility index (Phi) is 7.61. The SMILES string of the molecule is COc1ccc(C=CC(=O)Nc2ccc(CN3CCSCC3)cc2C)cc1OC. The number of nitrogens with one attached hydrogen (secondary N) is 1. The first-order valence-corrected chi connectivity index (χ1v) is 10.8. The van der Waals surface area contributed by atoms with Gasteiger partial charge in [-0.05, 0) is 47.9 Å². The van der Waals surface area contributed by atoms with Crippen LogP contribution in [0.1, 0.15) is 16.7 Å². The molecule has 0 aliphatic carbocycles. The summed E-state index contributed by atoms with van der Waals surface area (Å²) in [5.41, 5.74) is 4.06. The Labute approximate surface area is 177 Å². The van der Waals surface area contributed by atoms with Gasteiger partial charge in [0.2, 0.25) is 5.91 Å². The molecular formula is C23H28N2O3S. The van der Waals surface area contributed by atoms with Gasteiger partial charge in [0.25, 0.3) is 0 Å². The van der Waals surface area contributed by atoms with Crippen molar-refractivity contribution in [2.45, 2.75) is 13.5 Å². The molecule has 3 rings (SSSR count). The van der Waals surface area contributed by atoms with Gasteiger partial charge in [-0.1, -0.05) is 18.2 Å². The number of benzene rings is 2. The van der Waals surface area contributed by atoms with Crippen LogP contribution in [0.15, 0.2) is 42.5 Å². The van der Waals surface area contributed by atoms with E-state index in [0.29, 0.717) is 11.5 Å². The zero-order chi connectivity index (χ0) is 20.6. The molecule has 29 heavy (non-hydrogen) atoms. The maximum Gasteiger partial charge on any atom is 0.248 e. The molecule has 1 aliphatic heterocycles. The fourth-order valence-corrected chi connectivity index (χ4v) is 4.26. The first-order chi connectivity index (χ1) is 14.1. The first kappa shape index (κ1) is 21.3. The number of hydrogen-bond donors (Lipinski definition) is 1. The van der Waals surface area contributed by atoms with Crippen LogP contribution in [0.5, 0.6) is 11.5 Å². The molecule has 6 heteroatoms. The molecule has 0 radical (unpaired) electrons. The number of methoxy groups -OCH3 is 2. The van der Waals surface area contributed by atoms with Crippen LogP contribution in [0.2, 0.25) is 0 Å². The van der Waals surface area contributed by atoms with Crippen LogP contribution in [-0.2, 0) is 11.3 Å². The Morgan fingerprint density at radius 3 is 2.55 bits per heavy atom. The maximum atomic E-state index is 12.4. The number of carbonyl (C=O) groups is 1. The van der Waals surface area contributed by atoms with Crippen molar-refractivity contribution >= 4 is 29.4 Å². The lowest BCUT2D eigenvalue weighted by Gasteiger charge is -2.26. The van der Waals surface area contributed by atoms with E-state index in [0.717, 1.165) is 36.4 Å². The molecule has 1 fully saturated rings. The van der Waals surface area contributed by atoms with E-state index in [1.165, 1.54) is 23.1 Å². The second-order valence-electron chi connectivity index (χ2n) is 6.97. The summed E-state index contributed by atoms with van der Waals surface area (Å²) in [4.78, 5) is 14.8. The van der Waals surface area contributed by atoms with E-state index in [1.807, 2.05) is 43.0 Å². The predicted octanol–water partition coefficient (Wildman–Crippen LogP) is 4.21. The van der Waals surface area contributed by atoms with Crippen molar-refractivity contribution < 1.29 is 14.3 Å². The van der Waals surface area contributed by atoms with Crippen molar-refractivity contribution in [3.8, 4) is 11.5 Å². The van der Waals surface area contributed by atoms with Gasteiger partial charge in [0.15, 0.2) is 11.5 Å². The number of rotatable bonds is 7. The smallest absolute Gasteiger partial charge is 0.248 e. The number of anilines is 1. The van der Waals surface area contributed by atoms with Crippen molar-refractivity contribution in [3.63, 3.8) is 0 Å². The third kappa shape index (κ3) is 6.02. The third-order valence-electron chi connectivity index (χ3n) is 4.89. The van der Waals surface area contributed by atoms with Crippen molar-refractivity contribution in [2.75, 3.05) is 44.1 Å². The predicted molar refractivity (Wildman–Crippen MR) is 121 cm³/mol. The van der Waals surface area contributed by atoms with Crippen LogP contribution in [0.3, 0.4) is 0 Å². The Morgan fingerprint density at radius 2 is 1.86 bits per heavy atom. The quantitative estimate of drug-likeness (QED) is 0.691. The first-order valence-electron chi connectivity index (χ1n) is 9.70. The van der Waals surface area contributed by atoms with Crippen molar-refractivity contribution in [3.05, 3.63) is 59.2 Å². The molecule has 2 aromatic carbocycles. The molecule has 0 atom stereocenters. The molecule has 1 aliphatic rings. The Bertz CT molecular complexity index is 876. The number of carbonyl (C=O) groups excluding carboxylic acids is 1. The number of amides is 1. The number of ether oxygens (including phenoxy) is 2. The third-order valence-corrected chi connectivity index (χ3v) is 5.84. The molecule has 5 nitrogen and oxygen atoms in total. The second-order valence-corrected chi connectivity index (χ2v) is 8.20. The summed E-state index contributed by atoms with van der Waals surface area (Å²) in [5.74, 6) is 3.55. The monoisotopic (exact) mass is 412 g/mol. The summed E-state index contributed by atoms with van der Waals surface area (Å²) >= 11 is 2.02. The molecule has 0 bridgehead atoms. The Hall–Kier alpha value is -2.44. The molecule has 1 N–H and O–H groups in total. The number of hydrogen-bond acceptors (Lipinski definition) is 5. The van der Waals surface area contributed by atoms with Crippen LogP contribution in [0.4, 0.5) is 5.69 Å². The average molecular weight is 413 g/mol. The number of aryl methyl sites for hydroxylation is 1. The zero-order valence-electron chi connectivity index (χ0n) is 17.2. The van der Waals surface area contributed by atoms with Crippen LogP contribution in [0, 0.1) is 6.92 Å². The average Bonchev–Trinajstić information content (AvgIpc) is 2.74. The van der Waals surface area contributed by atoms with Gasteiger partial charge in [0.1, 0.15) is 0 Å². The molecule has 0 spiro atoms. The van der Waals surface area contributed by atoms with Crippen molar-refractivity contribution in [1.82, 2.24) is 4.90 Å². The van der Waals surface area contributed by atoms with Gasteiger partial charge in [-0.25, -0.2) is 0 Å². The fraction of sp³-hybridized carbons (Fsp3) is 0.348. The highest BCUT2D eigenvalue weighted by molar-refractivity contribution is 7.99. The van der Waals surface area contributed by atoms with Gasteiger partial charge in [0, 0.05) is 42.9 Å². The van der Waals surface area contributed by atoms with Gasteiger partial charge in [-0.15, -0.1) is 0 Å². The number of nitrogens with zero attached hydrogens (tertiary/aromatic N) is 1. The topological polar surface area (TPSA) is 50.8 Å². The van der Waals surface area contributed by atoms with Gasteiger partial charge < -0.3 is 14.8 Å². The van der Waals surface area contributed by atoms with Gasteiger partial charge in [-0.3, -0.25) is 9.69 Å². The summed E-state index contributed by atoms with van der Waals surface area (Å²) in [6, 6.07) is 11.8. The highest BCUT2D eigenvalue weighted by Crippen LogP contribution is 2.28. The molecule has 0 aromatic heterocycles. The van der Waals surface area contributed by atoms with Crippen LogP contribution in [0.25, 0.3) is 6.08 Å². The van der Waals surface area contributed by atoms with Crippen LogP contribution < -0.4 is 14.8 Å². The number of thioether (sulfide) groups is 1. The lowest BCUT2D eigenvalue weighted by molar-refractivity contribution is -0.111. The summed E-state index contributed by atoms with van der Waals surface area (Å²) < 4.78 is 10.5. The Balaban J connectivity index is 1.60. The molecule has 0 saturated carbocycles. The highest BCUT2D eigenvalue weighted by Gasteiger charge is 2.11. The second kappa shape index (κ2) is 10.4. The molecule has 0 unspecified atom stereocenters. The van der Waals surface area contributed by atoms with Gasteiger partial charge >= 0.3 is 0 Å². The zero-order valence-corrected chi connectivity index (χ0v) is 18.1. The molecule has 154 valence electrons. The standard InChI is InChI=1S/C23H28N2O3S/c1-17-14-19(16-25-10-12-29-13-11-25)4-7-20(17)24-23(26)9-6-18-5-8-21(27-2)22(15-18)28-3/h4-9,14-15H,10-13,16H2,1-3H3,(H,24,26). The minimum atomic E-state index is -0.163. The van der Waals surface area contributed by atoms with E-state index in [9.17, 15) is 4.79 Å². The molecule has 1 heterocycles. The van der Waals surface area contributed by atoms with E-state index in [2.05, 4.69) is 22.3 Å². The van der Waals surface area contributed by atoms with Gasteiger partial charge in [0.05, 0.1) is 14.2 Å². The van der Waals surface area contributed by atoms with E-state index in [-0.39, 0.29) is 5.91 Å². The molecule has 2 aromatic rings. The summed E-state index contributed by atoms with van der Waals surface area (Å²) in [5, 5.41) is 2.96. The minimum Gasteiger partial charge on any atom is -0.493 e. The lowest BCUT2D eigenvalue weighted by atomic mass is 10.1. The van der Waals surface area contributed by atoms with Crippen LogP contribution >= 0.6 is 11.8 Å². The lowest BCUT2D eigenvalue weighted by Crippen LogP contribution is -2.31. The highest BCUT2D eigenvalue weighted by atomic mass is 32.2. The molecular weight excluding hydrogens is 384 g/mol.